The van der Waals surface area contributed by atoms with E-state index in [9.17, 15) is 9.59 Å². The normalized spacial score (nSPS) is 19.2. The third-order valence-electron chi connectivity index (χ3n) is 4.37. The molecule has 1 saturated carbocycles. The zero-order chi connectivity index (χ0) is 17.6. The monoisotopic (exact) mass is 340 g/mol. The van der Waals surface area contributed by atoms with E-state index in [1.807, 2.05) is 30.3 Å². The molecule has 6 heteroatoms. The number of hydrogen-bond donors (Lipinski definition) is 3. The van der Waals surface area contributed by atoms with Gasteiger partial charge in [0.2, 0.25) is 5.91 Å². The molecule has 130 valence electrons. The van der Waals surface area contributed by atoms with Gasteiger partial charge in [0.1, 0.15) is 11.5 Å². The van der Waals surface area contributed by atoms with Crippen molar-refractivity contribution in [3.63, 3.8) is 0 Å². The summed E-state index contributed by atoms with van der Waals surface area (Å²) in [5.41, 5.74) is 2.17. The van der Waals surface area contributed by atoms with Crippen LogP contribution in [0.15, 0.2) is 54.6 Å². The van der Waals surface area contributed by atoms with Crippen molar-refractivity contribution in [2.24, 2.45) is 5.92 Å². The predicted molar refractivity (Wildman–Crippen MR) is 91.5 cm³/mol. The predicted octanol–water partition coefficient (Wildman–Crippen LogP) is 2.88. The number of benzene rings is 2. The Labute approximate surface area is 145 Å². The van der Waals surface area contributed by atoms with Crippen molar-refractivity contribution in [2.45, 2.75) is 25.3 Å². The Hall–Kier alpha value is -2.86. The minimum atomic E-state index is -0.450. The Bertz CT molecular complexity index is 731. The van der Waals surface area contributed by atoms with Crippen molar-refractivity contribution >= 4 is 11.8 Å². The van der Waals surface area contributed by atoms with Gasteiger partial charge >= 0.3 is 0 Å². The summed E-state index contributed by atoms with van der Waals surface area (Å²) < 4.78 is 5.70. The molecule has 2 atom stereocenters. The van der Waals surface area contributed by atoms with Crippen LogP contribution in [0.5, 0.6) is 11.5 Å². The maximum atomic E-state index is 12.4. The molecule has 2 aromatic carbocycles. The second kappa shape index (κ2) is 7.81. The second-order valence-corrected chi connectivity index (χ2v) is 6.03. The van der Waals surface area contributed by atoms with E-state index in [0.29, 0.717) is 17.7 Å². The van der Waals surface area contributed by atoms with Crippen molar-refractivity contribution in [3.8, 4) is 11.5 Å². The van der Waals surface area contributed by atoms with E-state index >= 15 is 0 Å². The number of rotatable bonds is 5. The molecule has 0 unspecified atom stereocenters. The molecule has 0 aliphatic heterocycles. The standard InChI is InChI=1S/C19H20N2O4/c22-18(20-17-8-4-7-16(17)19(23)21-24)13-9-11-15(12-10-13)25-14-5-2-1-3-6-14/h1-3,5-6,9-12,16-17,24H,4,7-8H2,(H,20,22)(H,21,23)/t16-,17+/m0/s1. The highest BCUT2D eigenvalue weighted by atomic mass is 16.5. The molecule has 0 heterocycles. The number of hydroxylamine groups is 1. The first-order valence-electron chi connectivity index (χ1n) is 8.25. The quantitative estimate of drug-likeness (QED) is 0.577. The maximum absolute atomic E-state index is 12.4. The Kier molecular flexibility index (Phi) is 5.30. The minimum Gasteiger partial charge on any atom is -0.457 e. The zero-order valence-electron chi connectivity index (χ0n) is 13.6. The highest BCUT2D eigenvalue weighted by Gasteiger charge is 2.34. The molecule has 1 fully saturated rings. The maximum Gasteiger partial charge on any atom is 0.251 e. The summed E-state index contributed by atoms with van der Waals surface area (Å²) in [7, 11) is 0. The highest BCUT2D eigenvalue weighted by Crippen LogP contribution is 2.26. The van der Waals surface area contributed by atoms with Gasteiger partial charge in [-0.15, -0.1) is 0 Å². The molecule has 2 amide bonds. The molecule has 2 aromatic rings. The van der Waals surface area contributed by atoms with Gasteiger partial charge in [0.25, 0.3) is 5.91 Å². The van der Waals surface area contributed by atoms with Crippen LogP contribution in [-0.2, 0) is 4.79 Å². The molecule has 3 rings (SSSR count). The van der Waals surface area contributed by atoms with Crippen LogP contribution in [0.3, 0.4) is 0 Å². The van der Waals surface area contributed by atoms with Crippen LogP contribution in [0.2, 0.25) is 0 Å². The van der Waals surface area contributed by atoms with Gasteiger partial charge in [-0.25, -0.2) is 5.48 Å². The van der Waals surface area contributed by atoms with E-state index in [4.69, 9.17) is 9.94 Å². The van der Waals surface area contributed by atoms with E-state index in [1.165, 1.54) is 0 Å². The van der Waals surface area contributed by atoms with Crippen LogP contribution >= 0.6 is 0 Å². The summed E-state index contributed by atoms with van der Waals surface area (Å²) in [4.78, 5) is 24.0. The van der Waals surface area contributed by atoms with Crippen LogP contribution in [0.1, 0.15) is 29.6 Å². The summed E-state index contributed by atoms with van der Waals surface area (Å²) in [5.74, 6) is 0.280. The van der Waals surface area contributed by atoms with Crippen molar-refractivity contribution in [1.82, 2.24) is 10.8 Å². The molecular formula is C19H20N2O4. The highest BCUT2D eigenvalue weighted by molar-refractivity contribution is 5.95. The Morgan fingerprint density at radius 1 is 0.960 bits per heavy atom. The Morgan fingerprint density at radius 2 is 1.64 bits per heavy atom. The SMILES string of the molecule is O=C(N[C@@H]1CCC[C@@H]1C(=O)NO)c1ccc(Oc2ccccc2)cc1. The fourth-order valence-corrected chi connectivity index (χ4v) is 3.08. The summed E-state index contributed by atoms with van der Waals surface area (Å²) in [6.07, 6.45) is 2.22. The number of ether oxygens (including phenoxy) is 1. The topological polar surface area (TPSA) is 87.7 Å². The number of nitrogens with one attached hydrogen (secondary N) is 2. The van der Waals surface area contributed by atoms with Crippen molar-refractivity contribution in [3.05, 3.63) is 60.2 Å². The van der Waals surface area contributed by atoms with Gasteiger partial charge in [-0.1, -0.05) is 24.6 Å². The molecule has 6 nitrogen and oxygen atoms in total. The van der Waals surface area contributed by atoms with Crippen molar-refractivity contribution in [2.75, 3.05) is 0 Å². The molecule has 0 spiro atoms. The average Bonchev–Trinajstić information content (AvgIpc) is 3.10. The Balaban J connectivity index is 1.62. The van der Waals surface area contributed by atoms with E-state index in [1.54, 1.807) is 29.7 Å². The van der Waals surface area contributed by atoms with Crippen LogP contribution < -0.4 is 15.5 Å². The first kappa shape index (κ1) is 17.0. The first-order chi connectivity index (χ1) is 12.2. The minimum absolute atomic E-state index is 0.242. The van der Waals surface area contributed by atoms with E-state index in [0.717, 1.165) is 18.6 Å². The molecule has 1 aliphatic rings. The molecule has 0 saturated heterocycles. The van der Waals surface area contributed by atoms with E-state index < -0.39 is 11.8 Å². The molecule has 0 radical (unpaired) electrons. The van der Waals surface area contributed by atoms with Crippen LogP contribution in [0, 0.1) is 5.92 Å². The lowest BCUT2D eigenvalue weighted by molar-refractivity contribution is -0.133. The van der Waals surface area contributed by atoms with Crippen molar-refractivity contribution < 1.29 is 19.5 Å². The zero-order valence-corrected chi connectivity index (χ0v) is 13.6. The van der Waals surface area contributed by atoms with Gasteiger partial charge in [0, 0.05) is 11.6 Å². The fraction of sp³-hybridized carbons (Fsp3) is 0.263. The van der Waals surface area contributed by atoms with Crippen molar-refractivity contribution in [1.29, 1.82) is 0 Å². The van der Waals surface area contributed by atoms with Gasteiger partial charge in [-0.3, -0.25) is 14.8 Å². The molecule has 1 aliphatic carbocycles. The summed E-state index contributed by atoms with van der Waals surface area (Å²) >= 11 is 0. The lowest BCUT2D eigenvalue weighted by atomic mass is 10.0. The largest absolute Gasteiger partial charge is 0.457 e. The summed E-state index contributed by atoms with van der Waals surface area (Å²) in [6, 6.07) is 16.0. The number of carbonyl (C=O) groups is 2. The smallest absolute Gasteiger partial charge is 0.251 e. The van der Waals surface area contributed by atoms with Gasteiger partial charge in [-0.05, 0) is 49.2 Å². The summed E-state index contributed by atoms with van der Waals surface area (Å²) in [5, 5.41) is 11.7. The molecular weight excluding hydrogens is 320 g/mol. The number of para-hydroxylation sites is 1. The average molecular weight is 340 g/mol. The van der Waals surface area contributed by atoms with Gasteiger partial charge in [0.05, 0.1) is 5.92 Å². The number of hydrogen-bond acceptors (Lipinski definition) is 4. The molecule has 0 bridgehead atoms. The number of carbonyl (C=O) groups excluding carboxylic acids is 2. The van der Waals surface area contributed by atoms with E-state index in [2.05, 4.69) is 5.32 Å². The van der Waals surface area contributed by atoms with Crippen LogP contribution in [0.4, 0.5) is 0 Å². The lowest BCUT2D eigenvalue weighted by Gasteiger charge is -2.19. The third kappa shape index (κ3) is 4.16. The van der Waals surface area contributed by atoms with Gasteiger partial charge < -0.3 is 10.1 Å². The van der Waals surface area contributed by atoms with Crippen LogP contribution in [0.25, 0.3) is 0 Å². The van der Waals surface area contributed by atoms with Gasteiger partial charge in [-0.2, -0.15) is 0 Å². The summed E-state index contributed by atoms with van der Waals surface area (Å²) in [6.45, 7) is 0. The second-order valence-electron chi connectivity index (χ2n) is 6.03. The first-order valence-corrected chi connectivity index (χ1v) is 8.25. The van der Waals surface area contributed by atoms with E-state index in [-0.39, 0.29) is 11.9 Å². The fourth-order valence-electron chi connectivity index (χ4n) is 3.08. The molecule has 3 N–H and O–H groups in total. The molecule has 0 aromatic heterocycles. The lowest BCUT2D eigenvalue weighted by Crippen LogP contribution is -2.43. The van der Waals surface area contributed by atoms with Crippen LogP contribution in [-0.4, -0.2) is 23.1 Å². The Morgan fingerprint density at radius 3 is 2.32 bits per heavy atom. The number of amides is 2. The molecule has 25 heavy (non-hydrogen) atoms. The third-order valence-corrected chi connectivity index (χ3v) is 4.37. The van der Waals surface area contributed by atoms with Gasteiger partial charge in [0.15, 0.2) is 0 Å².